The molecule has 0 atom stereocenters. The molecule has 0 N–H and O–H groups in total. The summed E-state index contributed by atoms with van der Waals surface area (Å²) in [6, 6.07) is 32.4. The van der Waals surface area contributed by atoms with Crippen molar-refractivity contribution in [3.8, 4) is 0 Å². The van der Waals surface area contributed by atoms with Crippen molar-refractivity contribution in [2.75, 3.05) is 9.80 Å². The van der Waals surface area contributed by atoms with Gasteiger partial charge in [0.2, 0.25) is 0 Å². The van der Waals surface area contributed by atoms with Crippen LogP contribution in [0.15, 0.2) is 78.9 Å². The van der Waals surface area contributed by atoms with Gasteiger partial charge in [-0.25, -0.2) is 0 Å². The summed E-state index contributed by atoms with van der Waals surface area (Å²) >= 11 is 2.07. The maximum atomic E-state index is 2.71. The molecule has 5 aromatic carbocycles. The van der Waals surface area contributed by atoms with Gasteiger partial charge in [-0.15, -0.1) is 11.3 Å². The minimum absolute atomic E-state index is 0.0602. The largest absolute Gasteiger partial charge is 0.311 e. The van der Waals surface area contributed by atoms with Crippen molar-refractivity contribution >= 4 is 78.0 Å². The van der Waals surface area contributed by atoms with Gasteiger partial charge in [0, 0.05) is 43.3 Å². The van der Waals surface area contributed by atoms with Crippen LogP contribution in [-0.4, -0.2) is 6.71 Å². The topological polar surface area (TPSA) is 6.48 Å². The monoisotopic (exact) mass is 837 g/mol. The molecule has 0 fully saturated rings. The van der Waals surface area contributed by atoms with E-state index in [2.05, 4.69) is 211 Å². The number of aryl methyl sites for hydroxylation is 2. The van der Waals surface area contributed by atoms with E-state index in [1.165, 1.54) is 130 Å². The van der Waals surface area contributed by atoms with Gasteiger partial charge in [0.15, 0.2) is 0 Å². The third kappa shape index (κ3) is 6.15. The number of thiophene rings is 1. The van der Waals surface area contributed by atoms with Crippen LogP contribution >= 0.6 is 11.3 Å². The van der Waals surface area contributed by atoms with Crippen molar-refractivity contribution in [2.45, 2.75) is 169 Å². The van der Waals surface area contributed by atoms with E-state index in [0.717, 1.165) is 0 Å². The highest BCUT2D eigenvalue weighted by Gasteiger charge is 2.49. The van der Waals surface area contributed by atoms with Crippen LogP contribution in [0.25, 0.3) is 10.1 Å². The van der Waals surface area contributed by atoms with E-state index in [9.17, 15) is 0 Å². The van der Waals surface area contributed by atoms with Crippen molar-refractivity contribution in [1.29, 1.82) is 0 Å². The van der Waals surface area contributed by atoms with Crippen LogP contribution in [0.5, 0.6) is 0 Å². The van der Waals surface area contributed by atoms with Crippen molar-refractivity contribution < 1.29 is 0 Å². The van der Waals surface area contributed by atoms with Crippen molar-refractivity contribution in [2.24, 2.45) is 0 Å². The summed E-state index contributed by atoms with van der Waals surface area (Å²) < 4.78 is 2.90. The van der Waals surface area contributed by atoms with Crippen LogP contribution in [0, 0.1) is 13.8 Å². The Balaban J connectivity index is 1.35. The average molecular weight is 837 g/mol. The molecule has 0 amide bonds. The summed E-state index contributed by atoms with van der Waals surface area (Å²) in [7, 11) is 0. The average Bonchev–Trinajstić information content (AvgIpc) is 3.55. The molecule has 2 nitrogen and oxygen atoms in total. The molecular formula is C58H69BN2S. The second-order valence-corrected chi connectivity index (χ2v) is 25.7. The number of fused-ring (bicyclic) bond motifs is 8. The summed E-state index contributed by atoms with van der Waals surface area (Å²) in [5.41, 5.74) is 22.8. The van der Waals surface area contributed by atoms with E-state index in [1.807, 2.05) is 0 Å². The number of anilines is 6. The number of benzene rings is 5. The molecule has 1 aromatic heterocycles. The minimum atomic E-state index is 0.0602. The molecule has 4 heteroatoms. The van der Waals surface area contributed by atoms with E-state index in [0.29, 0.717) is 0 Å². The lowest BCUT2D eigenvalue weighted by molar-refractivity contribution is 0.332. The number of nitrogens with zero attached hydrogens (tertiary/aromatic N) is 2. The first-order valence-electron chi connectivity index (χ1n) is 23.6. The van der Waals surface area contributed by atoms with Gasteiger partial charge < -0.3 is 9.80 Å². The quantitative estimate of drug-likeness (QED) is 0.160. The van der Waals surface area contributed by atoms with Crippen LogP contribution < -0.4 is 25.5 Å². The Labute approximate surface area is 378 Å². The van der Waals surface area contributed by atoms with Crippen LogP contribution in [-0.2, 0) is 32.5 Å². The second-order valence-electron chi connectivity index (χ2n) is 24.6. The molecule has 0 unspecified atom stereocenters. The lowest BCUT2D eigenvalue weighted by atomic mass is 9.35. The normalized spacial score (nSPS) is 19.1. The Bertz CT molecular complexity index is 2850. The minimum Gasteiger partial charge on any atom is -0.311 e. The molecule has 6 aromatic rings. The number of rotatable bonds is 2. The Morgan fingerprint density at radius 3 is 1.56 bits per heavy atom. The first kappa shape index (κ1) is 41.7. The summed E-state index contributed by atoms with van der Waals surface area (Å²) in [6.07, 6.45) is 4.80. The molecule has 62 heavy (non-hydrogen) atoms. The molecule has 3 heterocycles. The summed E-state index contributed by atoms with van der Waals surface area (Å²) in [6.45, 7) is 38.6. The first-order chi connectivity index (χ1) is 28.8. The molecule has 4 aliphatic rings. The van der Waals surface area contributed by atoms with Crippen LogP contribution in [0.2, 0.25) is 0 Å². The molecule has 0 radical (unpaired) electrons. The van der Waals surface area contributed by atoms with E-state index in [1.54, 1.807) is 0 Å². The molecule has 2 aliphatic heterocycles. The van der Waals surface area contributed by atoms with Gasteiger partial charge in [0.1, 0.15) is 0 Å². The van der Waals surface area contributed by atoms with Gasteiger partial charge >= 0.3 is 0 Å². The molecule has 0 bridgehead atoms. The molecule has 0 saturated carbocycles. The SMILES string of the molecule is Cc1cc2c3c(c1)N(c1ccc(C(C)(C)C)cc1C)c1c(sc4cc5c(cc14)C(C)(C)CCC5(C)C)B3c1cc3c(cc1N2c1ccc(C(C)(C)C)cc1)C(C)(C)CCC3(C)C. The maximum Gasteiger partial charge on any atom is 0.264 e. The van der Waals surface area contributed by atoms with Gasteiger partial charge in [-0.05, 0) is 176 Å². The van der Waals surface area contributed by atoms with Gasteiger partial charge in [-0.2, -0.15) is 0 Å². The van der Waals surface area contributed by atoms with Crippen LogP contribution in [0.1, 0.15) is 167 Å². The smallest absolute Gasteiger partial charge is 0.264 e. The summed E-state index contributed by atoms with van der Waals surface area (Å²) in [5, 5.41) is 1.41. The fourth-order valence-electron chi connectivity index (χ4n) is 11.7. The summed E-state index contributed by atoms with van der Waals surface area (Å²) in [5.74, 6) is 0. The lowest BCUT2D eigenvalue weighted by Gasteiger charge is -2.47. The highest BCUT2D eigenvalue weighted by atomic mass is 32.1. The lowest BCUT2D eigenvalue weighted by Crippen LogP contribution is -2.61. The highest BCUT2D eigenvalue weighted by molar-refractivity contribution is 7.33. The first-order valence-corrected chi connectivity index (χ1v) is 24.4. The Hall–Kier alpha value is -4.28. The van der Waals surface area contributed by atoms with Crippen molar-refractivity contribution in [3.05, 3.63) is 123 Å². The van der Waals surface area contributed by atoms with Gasteiger partial charge in [-0.3, -0.25) is 0 Å². The Kier molecular flexibility index (Phi) is 8.85. The van der Waals surface area contributed by atoms with Crippen LogP contribution in [0.3, 0.4) is 0 Å². The van der Waals surface area contributed by atoms with Gasteiger partial charge in [-0.1, -0.05) is 127 Å². The third-order valence-corrected chi connectivity index (χ3v) is 17.3. The predicted molar refractivity (Wildman–Crippen MR) is 273 cm³/mol. The van der Waals surface area contributed by atoms with E-state index >= 15 is 0 Å². The summed E-state index contributed by atoms with van der Waals surface area (Å²) in [4.78, 5) is 5.36. The zero-order chi connectivity index (χ0) is 44.4. The standard InChI is InChI=1S/C58H69BN2S/c1-34-27-47-50-48(28-34)61(45-22-19-37(29-35(45)2)54(6,7)8)51-39-30-40-43(58(15,16)26-23-55(40,9)10)33-49(39)62-52(51)59(50)44-31-41-42(57(13,14)25-24-56(41,11)12)32-46(44)60(47)38-20-17-36(18-21-38)53(3,4)5/h17-22,27-33H,23-26H2,1-16H3. The number of hydrogen-bond donors (Lipinski definition) is 0. The second kappa shape index (κ2) is 13.2. The fourth-order valence-corrected chi connectivity index (χ4v) is 13.1. The van der Waals surface area contributed by atoms with Crippen LogP contribution in [0.4, 0.5) is 34.1 Å². The van der Waals surface area contributed by atoms with Crippen molar-refractivity contribution in [3.63, 3.8) is 0 Å². The zero-order valence-electron chi connectivity index (χ0n) is 40.7. The molecule has 320 valence electrons. The highest BCUT2D eigenvalue weighted by Crippen LogP contribution is 2.54. The van der Waals surface area contributed by atoms with Crippen molar-refractivity contribution in [1.82, 2.24) is 0 Å². The van der Waals surface area contributed by atoms with E-state index < -0.39 is 0 Å². The maximum absolute atomic E-state index is 2.71. The fraction of sp³-hybridized carbons (Fsp3) is 0.448. The Morgan fingerprint density at radius 2 is 1.02 bits per heavy atom. The van der Waals surface area contributed by atoms with Gasteiger partial charge in [0.25, 0.3) is 6.71 Å². The molecule has 0 saturated heterocycles. The molecule has 10 rings (SSSR count). The van der Waals surface area contributed by atoms with E-state index in [4.69, 9.17) is 0 Å². The third-order valence-electron chi connectivity index (χ3n) is 16.0. The molecule has 0 spiro atoms. The molecule has 2 aliphatic carbocycles. The Morgan fingerprint density at radius 1 is 0.516 bits per heavy atom. The van der Waals surface area contributed by atoms with E-state index in [-0.39, 0.29) is 39.2 Å². The zero-order valence-corrected chi connectivity index (χ0v) is 41.5. The predicted octanol–water partition coefficient (Wildman–Crippen LogP) is 14.9. The number of hydrogen-bond acceptors (Lipinski definition) is 3. The van der Waals surface area contributed by atoms with Gasteiger partial charge in [0.05, 0.1) is 5.69 Å². The molecular weight excluding hydrogens is 768 g/mol.